The van der Waals surface area contributed by atoms with E-state index in [1.165, 1.54) is 7.11 Å². The highest BCUT2D eigenvalue weighted by molar-refractivity contribution is 6.74. The lowest BCUT2D eigenvalue weighted by atomic mass is 10.2. The van der Waals surface area contributed by atoms with Gasteiger partial charge in [0.1, 0.15) is 0 Å². The highest BCUT2D eigenvalue weighted by Crippen LogP contribution is 2.37. The SMILES string of the molecule is COC(=O)CC[C@@H](CO)O[Si](C)(C)C(C)(C)C. The van der Waals surface area contributed by atoms with E-state index in [2.05, 4.69) is 38.6 Å². The molecule has 0 aromatic carbocycles. The van der Waals surface area contributed by atoms with Crippen LogP contribution < -0.4 is 0 Å². The molecule has 0 saturated heterocycles. The van der Waals surface area contributed by atoms with Gasteiger partial charge in [0.05, 0.1) is 19.8 Å². The molecule has 0 aromatic heterocycles. The minimum atomic E-state index is -1.88. The maximum atomic E-state index is 11.0. The highest BCUT2D eigenvalue weighted by atomic mass is 28.4. The van der Waals surface area contributed by atoms with Gasteiger partial charge in [0.2, 0.25) is 0 Å². The molecule has 0 spiro atoms. The van der Waals surface area contributed by atoms with Crippen molar-refractivity contribution in [1.29, 1.82) is 0 Å². The Morgan fingerprint density at radius 3 is 2.24 bits per heavy atom. The Kier molecular flexibility index (Phi) is 6.36. The van der Waals surface area contributed by atoms with Crippen molar-refractivity contribution < 1.29 is 19.1 Å². The smallest absolute Gasteiger partial charge is 0.305 e. The molecule has 0 rings (SSSR count). The van der Waals surface area contributed by atoms with E-state index in [0.29, 0.717) is 6.42 Å². The van der Waals surface area contributed by atoms with Gasteiger partial charge in [-0.1, -0.05) is 20.8 Å². The molecule has 0 radical (unpaired) electrons. The molecule has 0 aliphatic heterocycles. The average Bonchev–Trinajstić information content (AvgIpc) is 2.21. The molecular formula is C12H26O4Si. The molecule has 0 heterocycles. The van der Waals surface area contributed by atoms with Crippen molar-refractivity contribution in [3.05, 3.63) is 0 Å². The molecule has 17 heavy (non-hydrogen) atoms. The van der Waals surface area contributed by atoms with Crippen LogP contribution in [0, 0.1) is 0 Å². The van der Waals surface area contributed by atoms with Crippen LogP contribution in [-0.2, 0) is 14.0 Å². The van der Waals surface area contributed by atoms with Gasteiger partial charge in [-0.25, -0.2) is 0 Å². The first-order chi connectivity index (χ1) is 7.64. The summed E-state index contributed by atoms with van der Waals surface area (Å²) in [6.45, 7) is 10.7. The monoisotopic (exact) mass is 262 g/mol. The van der Waals surface area contributed by atoms with Gasteiger partial charge >= 0.3 is 5.97 Å². The first-order valence-electron chi connectivity index (χ1n) is 5.99. The average molecular weight is 262 g/mol. The molecule has 0 amide bonds. The van der Waals surface area contributed by atoms with Crippen LogP contribution in [0.5, 0.6) is 0 Å². The molecule has 4 nitrogen and oxygen atoms in total. The predicted molar refractivity (Wildman–Crippen MR) is 70.4 cm³/mol. The molecule has 1 atom stereocenters. The van der Waals surface area contributed by atoms with E-state index in [9.17, 15) is 9.90 Å². The minimum absolute atomic E-state index is 0.0521. The number of aliphatic hydroxyl groups excluding tert-OH is 1. The van der Waals surface area contributed by atoms with E-state index in [1.807, 2.05) is 0 Å². The van der Waals surface area contributed by atoms with E-state index in [4.69, 9.17) is 4.43 Å². The molecule has 5 heteroatoms. The predicted octanol–water partition coefficient (Wildman–Crippen LogP) is 2.32. The van der Waals surface area contributed by atoms with Crippen molar-refractivity contribution in [3.63, 3.8) is 0 Å². The topological polar surface area (TPSA) is 55.8 Å². The summed E-state index contributed by atoms with van der Waals surface area (Å²) in [5.74, 6) is -0.262. The standard InChI is InChI=1S/C12H26O4Si/c1-12(2,3)17(5,6)16-10(9-13)7-8-11(14)15-4/h10,13H,7-9H2,1-6H3/t10-/m0/s1. The van der Waals surface area contributed by atoms with E-state index in [-0.39, 0.29) is 30.1 Å². The van der Waals surface area contributed by atoms with Gasteiger partial charge < -0.3 is 14.3 Å². The van der Waals surface area contributed by atoms with E-state index < -0.39 is 8.32 Å². The van der Waals surface area contributed by atoms with Crippen LogP contribution in [0.3, 0.4) is 0 Å². The van der Waals surface area contributed by atoms with Crippen molar-refractivity contribution in [2.45, 2.75) is 57.8 Å². The number of hydrogen-bond donors (Lipinski definition) is 1. The zero-order valence-electron chi connectivity index (χ0n) is 11.9. The van der Waals surface area contributed by atoms with Crippen molar-refractivity contribution in [2.24, 2.45) is 0 Å². The summed E-state index contributed by atoms with van der Waals surface area (Å²) in [6.07, 6.45) is 0.529. The van der Waals surface area contributed by atoms with Gasteiger partial charge in [0.15, 0.2) is 8.32 Å². The summed E-state index contributed by atoms with van der Waals surface area (Å²) in [5.41, 5.74) is 0. The van der Waals surface area contributed by atoms with Crippen LogP contribution in [0.4, 0.5) is 0 Å². The molecule has 0 aromatic rings. The summed E-state index contributed by atoms with van der Waals surface area (Å²) in [5, 5.41) is 9.39. The Hall–Kier alpha value is -0.393. The number of carbonyl (C=O) groups is 1. The number of hydrogen-bond acceptors (Lipinski definition) is 4. The van der Waals surface area contributed by atoms with Gasteiger partial charge in [-0.15, -0.1) is 0 Å². The fourth-order valence-electron chi connectivity index (χ4n) is 1.16. The van der Waals surface area contributed by atoms with E-state index in [1.54, 1.807) is 0 Å². The number of methoxy groups -OCH3 is 1. The normalized spacial score (nSPS) is 14.5. The van der Waals surface area contributed by atoms with Crippen molar-refractivity contribution >= 4 is 14.3 Å². The molecule has 0 unspecified atom stereocenters. The second-order valence-electron chi connectivity index (χ2n) is 5.80. The number of rotatable bonds is 6. The second-order valence-corrected chi connectivity index (χ2v) is 10.6. The number of carbonyl (C=O) groups excluding carboxylic acids is 1. The van der Waals surface area contributed by atoms with Crippen LogP contribution >= 0.6 is 0 Å². The second kappa shape index (κ2) is 6.52. The molecule has 0 fully saturated rings. The maximum Gasteiger partial charge on any atom is 0.305 e. The first kappa shape index (κ1) is 16.6. The van der Waals surface area contributed by atoms with Gasteiger partial charge in [-0.05, 0) is 24.6 Å². The van der Waals surface area contributed by atoms with Crippen LogP contribution in [-0.4, -0.2) is 39.2 Å². The van der Waals surface area contributed by atoms with Gasteiger partial charge in [0.25, 0.3) is 0 Å². The van der Waals surface area contributed by atoms with E-state index in [0.717, 1.165) is 0 Å². The zero-order chi connectivity index (χ0) is 13.7. The Labute approximate surface area is 105 Å². The lowest BCUT2D eigenvalue weighted by molar-refractivity contribution is -0.141. The Morgan fingerprint density at radius 1 is 1.35 bits per heavy atom. The van der Waals surface area contributed by atoms with Crippen LogP contribution in [0.2, 0.25) is 18.1 Å². The van der Waals surface area contributed by atoms with Crippen molar-refractivity contribution in [2.75, 3.05) is 13.7 Å². The minimum Gasteiger partial charge on any atom is -0.469 e. The molecule has 102 valence electrons. The summed E-state index contributed by atoms with van der Waals surface area (Å²) in [7, 11) is -0.517. The fraction of sp³-hybridized carbons (Fsp3) is 0.917. The third-order valence-corrected chi connectivity index (χ3v) is 7.90. The molecular weight excluding hydrogens is 236 g/mol. The lowest BCUT2D eigenvalue weighted by Crippen LogP contribution is -2.45. The summed E-state index contributed by atoms with van der Waals surface area (Å²) in [6, 6.07) is 0. The maximum absolute atomic E-state index is 11.0. The molecule has 1 N–H and O–H groups in total. The number of ether oxygens (including phenoxy) is 1. The third kappa shape index (κ3) is 5.65. The number of aliphatic hydroxyl groups is 1. The highest BCUT2D eigenvalue weighted by Gasteiger charge is 2.39. The van der Waals surface area contributed by atoms with Gasteiger partial charge in [-0.3, -0.25) is 4.79 Å². The fourth-order valence-corrected chi connectivity index (χ4v) is 2.54. The van der Waals surface area contributed by atoms with Crippen molar-refractivity contribution in [1.82, 2.24) is 0 Å². The lowest BCUT2D eigenvalue weighted by Gasteiger charge is -2.38. The zero-order valence-corrected chi connectivity index (χ0v) is 12.9. The van der Waals surface area contributed by atoms with Crippen LogP contribution in [0.15, 0.2) is 0 Å². The van der Waals surface area contributed by atoms with E-state index >= 15 is 0 Å². The molecule has 0 aliphatic rings. The van der Waals surface area contributed by atoms with Gasteiger partial charge in [0, 0.05) is 6.42 Å². The Balaban J connectivity index is 4.35. The van der Waals surface area contributed by atoms with Gasteiger partial charge in [-0.2, -0.15) is 0 Å². The summed E-state index contributed by atoms with van der Waals surface area (Å²) in [4.78, 5) is 11.0. The Bertz CT molecular complexity index is 245. The first-order valence-corrected chi connectivity index (χ1v) is 8.90. The van der Waals surface area contributed by atoms with Crippen molar-refractivity contribution in [3.8, 4) is 0 Å². The summed E-state index contributed by atoms with van der Waals surface area (Å²) >= 11 is 0. The molecule has 0 bridgehead atoms. The Morgan fingerprint density at radius 2 is 1.88 bits per heavy atom. The van der Waals surface area contributed by atoms with Crippen LogP contribution in [0.25, 0.3) is 0 Å². The quantitative estimate of drug-likeness (QED) is 0.589. The third-order valence-electron chi connectivity index (χ3n) is 3.37. The molecule has 0 saturated carbocycles. The summed E-state index contributed by atoms with van der Waals surface area (Å²) < 4.78 is 10.6. The molecule has 0 aliphatic carbocycles. The largest absolute Gasteiger partial charge is 0.469 e. The number of esters is 1. The van der Waals surface area contributed by atoms with Crippen LogP contribution in [0.1, 0.15) is 33.6 Å².